The second kappa shape index (κ2) is 4.81. The molecule has 1 aliphatic heterocycles. The number of nitrogen functional groups attached to an aromatic ring is 1. The minimum Gasteiger partial charge on any atom is -0.398 e. The van der Waals surface area contributed by atoms with Crippen LogP contribution in [0.3, 0.4) is 0 Å². The van der Waals surface area contributed by atoms with Gasteiger partial charge in [0.2, 0.25) is 5.82 Å². The number of anilines is 1. The maximum atomic E-state index is 10.8. The first kappa shape index (κ1) is 13.5. The number of ether oxygens (including phenoxy) is 1. The molecular weight excluding hydrogens is 276 g/mol. The van der Waals surface area contributed by atoms with E-state index in [9.17, 15) is 10.1 Å². The lowest BCUT2D eigenvalue weighted by atomic mass is 10.0. The number of aromatic nitrogens is 2. The molecule has 1 saturated heterocycles. The van der Waals surface area contributed by atoms with E-state index in [0.717, 1.165) is 12.8 Å². The zero-order chi connectivity index (χ0) is 15.0. The number of non-ortho nitro benzene ring substituents is 1. The summed E-state index contributed by atoms with van der Waals surface area (Å²) < 4.78 is 10.8. The fourth-order valence-electron chi connectivity index (χ4n) is 2.35. The van der Waals surface area contributed by atoms with E-state index in [0.29, 0.717) is 23.7 Å². The molecule has 3 rings (SSSR count). The van der Waals surface area contributed by atoms with Gasteiger partial charge in [-0.05, 0) is 25.8 Å². The number of nitro benzene ring substituents is 1. The Labute approximate surface area is 120 Å². The Morgan fingerprint density at radius 2 is 2.29 bits per heavy atom. The van der Waals surface area contributed by atoms with Crippen LogP contribution < -0.4 is 5.73 Å². The number of benzene rings is 1. The molecule has 1 fully saturated rings. The summed E-state index contributed by atoms with van der Waals surface area (Å²) in [4.78, 5) is 14.6. The van der Waals surface area contributed by atoms with E-state index >= 15 is 0 Å². The lowest BCUT2D eigenvalue weighted by Gasteiger charge is -2.17. The molecule has 1 aromatic heterocycles. The molecule has 1 unspecified atom stereocenters. The van der Waals surface area contributed by atoms with E-state index in [1.807, 2.05) is 6.92 Å². The van der Waals surface area contributed by atoms with Gasteiger partial charge in [0.05, 0.1) is 10.5 Å². The molecular formula is C13H14N4O4. The highest BCUT2D eigenvalue weighted by molar-refractivity contribution is 5.73. The van der Waals surface area contributed by atoms with Crippen LogP contribution in [0.5, 0.6) is 0 Å². The van der Waals surface area contributed by atoms with E-state index < -0.39 is 10.5 Å². The lowest BCUT2D eigenvalue weighted by molar-refractivity contribution is -0.384. The number of rotatable bonds is 3. The molecule has 0 spiro atoms. The maximum Gasteiger partial charge on any atom is 0.270 e. The smallest absolute Gasteiger partial charge is 0.270 e. The molecule has 8 nitrogen and oxygen atoms in total. The summed E-state index contributed by atoms with van der Waals surface area (Å²) in [6, 6.07) is 4.10. The summed E-state index contributed by atoms with van der Waals surface area (Å²) in [5, 5.41) is 14.8. The second-order valence-electron chi connectivity index (χ2n) is 5.13. The van der Waals surface area contributed by atoms with Crippen molar-refractivity contribution in [2.45, 2.75) is 25.4 Å². The molecule has 2 N–H and O–H groups in total. The molecule has 2 aromatic rings. The zero-order valence-electron chi connectivity index (χ0n) is 11.4. The Kier molecular flexibility index (Phi) is 3.09. The van der Waals surface area contributed by atoms with Crippen molar-refractivity contribution < 1.29 is 14.2 Å². The number of nitrogens with zero attached hydrogens (tertiary/aromatic N) is 3. The van der Waals surface area contributed by atoms with Gasteiger partial charge in [-0.1, -0.05) is 5.16 Å². The summed E-state index contributed by atoms with van der Waals surface area (Å²) in [5.41, 5.74) is 5.87. The van der Waals surface area contributed by atoms with Crippen LogP contribution in [-0.4, -0.2) is 21.7 Å². The highest BCUT2D eigenvalue weighted by atomic mass is 16.6. The van der Waals surface area contributed by atoms with Crippen molar-refractivity contribution >= 4 is 11.4 Å². The van der Waals surface area contributed by atoms with Crippen molar-refractivity contribution in [3.05, 3.63) is 34.1 Å². The minimum absolute atomic E-state index is 0.0812. The quantitative estimate of drug-likeness (QED) is 0.523. The highest BCUT2D eigenvalue weighted by Crippen LogP contribution is 2.36. The highest BCUT2D eigenvalue weighted by Gasteiger charge is 2.37. The second-order valence-corrected chi connectivity index (χ2v) is 5.13. The summed E-state index contributed by atoms with van der Waals surface area (Å²) in [6.07, 6.45) is 1.73. The van der Waals surface area contributed by atoms with Crippen molar-refractivity contribution in [3.8, 4) is 11.5 Å². The van der Waals surface area contributed by atoms with Gasteiger partial charge in [0.25, 0.3) is 11.6 Å². The lowest BCUT2D eigenvalue weighted by Crippen LogP contribution is -2.21. The minimum atomic E-state index is -0.572. The standard InChI is InChI=1S/C13H14N4O4/c1-13(5-2-6-20-13)12-15-11(21-16-12)9-7-8(17(18)19)3-4-10(9)14/h3-4,7H,2,5-6,14H2,1H3. The molecule has 1 atom stereocenters. The van der Waals surface area contributed by atoms with Crippen LogP contribution >= 0.6 is 0 Å². The summed E-state index contributed by atoms with van der Waals surface area (Å²) in [6.45, 7) is 2.55. The molecule has 8 heteroatoms. The third kappa shape index (κ3) is 2.33. The van der Waals surface area contributed by atoms with Crippen LogP contribution in [0.2, 0.25) is 0 Å². The fourth-order valence-corrected chi connectivity index (χ4v) is 2.35. The van der Waals surface area contributed by atoms with Gasteiger partial charge in [-0.3, -0.25) is 10.1 Å². The van der Waals surface area contributed by atoms with Crippen molar-refractivity contribution in [3.63, 3.8) is 0 Å². The molecule has 0 aliphatic carbocycles. The number of nitro groups is 1. The molecule has 0 bridgehead atoms. The van der Waals surface area contributed by atoms with Gasteiger partial charge < -0.3 is 15.0 Å². The average molecular weight is 290 g/mol. The van der Waals surface area contributed by atoms with Crippen LogP contribution in [-0.2, 0) is 10.3 Å². The predicted molar refractivity (Wildman–Crippen MR) is 73.3 cm³/mol. The maximum absolute atomic E-state index is 10.8. The monoisotopic (exact) mass is 290 g/mol. The van der Waals surface area contributed by atoms with E-state index in [4.69, 9.17) is 15.0 Å². The van der Waals surface area contributed by atoms with Gasteiger partial charge in [0.15, 0.2) is 0 Å². The van der Waals surface area contributed by atoms with Crippen LogP contribution in [0.25, 0.3) is 11.5 Å². The van der Waals surface area contributed by atoms with Crippen molar-refractivity contribution in [2.24, 2.45) is 0 Å². The van der Waals surface area contributed by atoms with Gasteiger partial charge in [0, 0.05) is 24.4 Å². The van der Waals surface area contributed by atoms with E-state index in [1.165, 1.54) is 18.2 Å². The van der Waals surface area contributed by atoms with Crippen LogP contribution in [0, 0.1) is 10.1 Å². The Morgan fingerprint density at radius 3 is 2.95 bits per heavy atom. The Morgan fingerprint density at radius 1 is 1.48 bits per heavy atom. The molecule has 0 amide bonds. The topological polar surface area (TPSA) is 117 Å². The molecule has 110 valence electrons. The predicted octanol–water partition coefficient (Wildman–Crippen LogP) is 2.25. The third-order valence-corrected chi connectivity index (χ3v) is 3.60. The number of nitrogens with two attached hydrogens (primary N) is 1. The van der Waals surface area contributed by atoms with Crippen molar-refractivity contribution in [1.29, 1.82) is 0 Å². The molecule has 1 aromatic carbocycles. The normalized spacial score (nSPS) is 21.6. The zero-order valence-corrected chi connectivity index (χ0v) is 11.4. The van der Waals surface area contributed by atoms with Crippen LogP contribution in [0.1, 0.15) is 25.6 Å². The van der Waals surface area contributed by atoms with Crippen LogP contribution in [0.15, 0.2) is 22.7 Å². The fraction of sp³-hybridized carbons (Fsp3) is 0.385. The molecule has 0 radical (unpaired) electrons. The van der Waals surface area contributed by atoms with Gasteiger partial charge in [-0.15, -0.1) is 0 Å². The third-order valence-electron chi connectivity index (χ3n) is 3.60. The van der Waals surface area contributed by atoms with E-state index in [1.54, 1.807) is 0 Å². The first-order chi connectivity index (χ1) is 9.99. The van der Waals surface area contributed by atoms with Gasteiger partial charge in [-0.2, -0.15) is 4.98 Å². The Hall–Kier alpha value is -2.48. The first-order valence-corrected chi connectivity index (χ1v) is 6.52. The summed E-state index contributed by atoms with van der Waals surface area (Å²) in [7, 11) is 0. The summed E-state index contributed by atoms with van der Waals surface area (Å²) >= 11 is 0. The molecule has 2 heterocycles. The van der Waals surface area contributed by atoms with Gasteiger partial charge >= 0.3 is 0 Å². The van der Waals surface area contributed by atoms with E-state index in [2.05, 4.69) is 10.1 Å². The SMILES string of the molecule is CC1(c2noc(-c3cc([N+](=O)[O-])ccc3N)n2)CCCO1. The number of hydrogen-bond donors (Lipinski definition) is 1. The molecule has 0 saturated carbocycles. The van der Waals surface area contributed by atoms with Gasteiger partial charge in [0.1, 0.15) is 5.60 Å². The Balaban J connectivity index is 2.00. The average Bonchev–Trinajstić information content (AvgIpc) is 3.08. The number of hydrogen-bond acceptors (Lipinski definition) is 7. The van der Waals surface area contributed by atoms with Crippen molar-refractivity contribution in [2.75, 3.05) is 12.3 Å². The summed E-state index contributed by atoms with van der Waals surface area (Å²) in [5.74, 6) is 0.587. The first-order valence-electron chi connectivity index (χ1n) is 6.52. The Bertz CT molecular complexity index is 691. The molecule has 1 aliphatic rings. The van der Waals surface area contributed by atoms with Gasteiger partial charge in [-0.25, -0.2) is 0 Å². The largest absolute Gasteiger partial charge is 0.398 e. The van der Waals surface area contributed by atoms with E-state index in [-0.39, 0.29) is 11.6 Å². The van der Waals surface area contributed by atoms with Crippen molar-refractivity contribution in [1.82, 2.24) is 10.1 Å². The van der Waals surface area contributed by atoms with Crippen LogP contribution in [0.4, 0.5) is 11.4 Å². The molecule has 21 heavy (non-hydrogen) atoms.